The highest BCUT2D eigenvalue weighted by Crippen LogP contribution is 2.38. The van der Waals surface area contributed by atoms with Gasteiger partial charge in [0.15, 0.2) is 5.58 Å². The van der Waals surface area contributed by atoms with Gasteiger partial charge < -0.3 is 19.4 Å². The van der Waals surface area contributed by atoms with Gasteiger partial charge in [-0.3, -0.25) is 19.8 Å². The third-order valence-corrected chi connectivity index (χ3v) is 7.70. The van der Waals surface area contributed by atoms with Crippen LogP contribution in [0, 0.1) is 10.1 Å². The molecular weight excluding hydrogens is 567 g/mol. The maximum absolute atomic E-state index is 13.3. The van der Waals surface area contributed by atoms with Crippen LogP contribution in [0.2, 0.25) is 5.02 Å². The van der Waals surface area contributed by atoms with Crippen LogP contribution in [0.15, 0.2) is 40.8 Å². The zero-order valence-electron chi connectivity index (χ0n) is 22.0. The Morgan fingerprint density at radius 3 is 2.54 bits per heavy atom. The Labute approximate surface area is 238 Å². The number of hydrogen-bond donors (Lipinski definition) is 1. The summed E-state index contributed by atoms with van der Waals surface area (Å²) in [4.78, 5) is 31.1. The Hall–Kier alpha value is -3.42. The van der Waals surface area contributed by atoms with E-state index in [1.54, 1.807) is 23.1 Å². The summed E-state index contributed by atoms with van der Waals surface area (Å²) in [6, 6.07) is 8.15. The Bertz CT molecular complexity index is 1400. The third kappa shape index (κ3) is 7.27. The number of nitrogens with zero attached hydrogens (tertiary/aromatic N) is 4. The highest BCUT2D eigenvalue weighted by atomic mass is 35.5. The number of piperazine rings is 1. The topological polar surface area (TPSA) is 114 Å². The monoisotopic (exact) mass is 595 g/mol. The molecule has 0 spiro atoms. The fourth-order valence-electron chi connectivity index (χ4n) is 5.26. The van der Waals surface area contributed by atoms with Crippen LogP contribution in [0.5, 0.6) is 0 Å². The van der Waals surface area contributed by atoms with E-state index in [1.165, 1.54) is 6.07 Å². The van der Waals surface area contributed by atoms with Gasteiger partial charge in [-0.25, -0.2) is 4.98 Å². The highest BCUT2D eigenvalue weighted by molar-refractivity contribution is 6.31. The quantitative estimate of drug-likeness (QED) is 0.269. The summed E-state index contributed by atoms with van der Waals surface area (Å²) in [5.41, 5.74) is -0.671. The number of benzene rings is 2. The molecule has 0 unspecified atom stereocenters. The lowest BCUT2D eigenvalue weighted by Crippen LogP contribution is -2.49. The molecule has 2 fully saturated rings. The number of aromatic nitrogens is 1. The van der Waals surface area contributed by atoms with Gasteiger partial charge in [0.1, 0.15) is 17.7 Å². The van der Waals surface area contributed by atoms with Crippen molar-refractivity contribution in [2.24, 2.45) is 0 Å². The van der Waals surface area contributed by atoms with Crippen molar-refractivity contribution >= 4 is 40.0 Å². The van der Waals surface area contributed by atoms with Crippen LogP contribution in [0.4, 0.5) is 24.5 Å². The minimum Gasteiger partial charge on any atom is -0.439 e. The van der Waals surface area contributed by atoms with Crippen molar-refractivity contribution < 1.29 is 32.0 Å². The van der Waals surface area contributed by atoms with Gasteiger partial charge in [-0.05, 0) is 56.0 Å². The van der Waals surface area contributed by atoms with Gasteiger partial charge in [-0.15, -0.1) is 0 Å². The zero-order chi connectivity index (χ0) is 29.1. The molecular formula is C27H29ClF3N5O5. The lowest BCUT2D eigenvalue weighted by Gasteiger charge is -2.34. The molecule has 1 aliphatic heterocycles. The first-order chi connectivity index (χ1) is 19.5. The molecule has 1 saturated carbocycles. The largest absolute Gasteiger partial charge is 0.439 e. The number of fused-ring (bicyclic) bond motifs is 1. The van der Waals surface area contributed by atoms with Gasteiger partial charge in [0.2, 0.25) is 11.8 Å². The van der Waals surface area contributed by atoms with Crippen molar-refractivity contribution in [3.8, 4) is 0 Å². The zero-order valence-corrected chi connectivity index (χ0v) is 22.8. The molecule has 5 rings (SSSR count). The number of carbonyl (C=O) groups excluding carboxylic acids is 1. The molecule has 1 amide bonds. The second-order valence-electron chi connectivity index (χ2n) is 10.3. The second-order valence-corrected chi connectivity index (χ2v) is 10.7. The van der Waals surface area contributed by atoms with Gasteiger partial charge in [0.05, 0.1) is 17.6 Å². The first-order valence-corrected chi connectivity index (χ1v) is 13.7. The van der Waals surface area contributed by atoms with Gasteiger partial charge >= 0.3 is 6.18 Å². The van der Waals surface area contributed by atoms with Crippen molar-refractivity contribution in [3.63, 3.8) is 0 Å². The molecule has 2 aromatic carbocycles. The number of rotatable bonds is 8. The number of hydrogen-bond acceptors (Lipinski definition) is 8. The number of halogens is 4. The summed E-state index contributed by atoms with van der Waals surface area (Å²) < 4.78 is 51.5. The number of oxazole rings is 1. The Morgan fingerprint density at radius 1 is 1.12 bits per heavy atom. The van der Waals surface area contributed by atoms with Gasteiger partial charge in [0.25, 0.3) is 5.69 Å². The van der Waals surface area contributed by atoms with Crippen LogP contribution in [0.3, 0.4) is 0 Å². The minimum atomic E-state index is -4.83. The van der Waals surface area contributed by atoms with Crippen LogP contribution in [-0.4, -0.2) is 70.5 Å². The maximum atomic E-state index is 13.3. The number of nitro benzene ring substituents is 1. The van der Waals surface area contributed by atoms with Crippen molar-refractivity contribution in [2.45, 2.75) is 50.6 Å². The summed E-state index contributed by atoms with van der Waals surface area (Å²) in [6.07, 6.45) is -2.38. The average Bonchev–Trinajstić information content (AvgIpc) is 3.33. The van der Waals surface area contributed by atoms with E-state index in [-0.39, 0.29) is 30.3 Å². The second kappa shape index (κ2) is 12.2. The molecule has 1 saturated heterocycles. The van der Waals surface area contributed by atoms with Gasteiger partial charge in [-0.1, -0.05) is 11.6 Å². The number of anilines is 1. The molecule has 14 heteroatoms. The van der Waals surface area contributed by atoms with Crippen molar-refractivity contribution in [1.82, 2.24) is 14.8 Å². The molecule has 41 heavy (non-hydrogen) atoms. The lowest BCUT2D eigenvalue weighted by molar-refractivity contribution is -0.388. The van der Waals surface area contributed by atoms with Crippen LogP contribution >= 0.6 is 11.6 Å². The SMILES string of the molecule is O=C(COC1CCC(Nc2ccc([N+](=O)[O-])c(C(F)(F)F)c2)CC1)N1CCN(Cc2nc3cc(Cl)ccc3o2)CC1. The molecule has 1 N–H and O–H groups in total. The predicted octanol–water partition coefficient (Wildman–Crippen LogP) is 5.49. The molecule has 1 aromatic heterocycles. The van der Waals surface area contributed by atoms with E-state index in [2.05, 4.69) is 15.2 Å². The summed E-state index contributed by atoms with van der Waals surface area (Å²) in [7, 11) is 0. The fourth-order valence-corrected chi connectivity index (χ4v) is 5.43. The normalized spacial score (nSPS) is 20.3. The van der Waals surface area contributed by atoms with Crippen molar-refractivity contribution in [2.75, 3.05) is 38.1 Å². The first-order valence-electron chi connectivity index (χ1n) is 13.3. The standard InChI is InChI=1S/C27H29ClF3N5O5/c28-17-1-8-24-22(13-17)33-25(41-24)15-34-9-11-35(12-10-34)26(37)16-40-20-5-2-18(3-6-20)32-19-4-7-23(36(38)39)21(14-19)27(29,30)31/h1,4,7-8,13-14,18,20,32H,2-3,5-6,9-12,15-16H2. The van der Waals surface area contributed by atoms with Crippen LogP contribution < -0.4 is 5.32 Å². The number of carbonyl (C=O) groups is 1. The summed E-state index contributed by atoms with van der Waals surface area (Å²) >= 11 is 6.02. The Kier molecular flexibility index (Phi) is 8.66. The van der Waals surface area contributed by atoms with E-state index in [9.17, 15) is 28.1 Å². The van der Waals surface area contributed by atoms with Crippen LogP contribution in [0.25, 0.3) is 11.1 Å². The summed E-state index contributed by atoms with van der Waals surface area (Å²) in [5.74, 6) is 0.525. The van der Waals surface area contributed by atoms with E-state index in [0.717, 1.165) is 12.1 Å². The smallest absolute Gasteiger partial charge is 0.423 e. The fraction of sp³-hybridized carbons (Fsp3) is 0.481. The maximum Gasteiger partial charge on any atom is 0.423 e. The summed E-state index contributed by atoms with van der Waals surface area (Å²) in [6.45, 7) is 3.02. The van der Waals surface area contributed by atoms with E-state index in [0.29, 0.717) is 80.4 Å². The van der Waals surface area contributed by atoms with Crippen LogP contribution in [0.1, 0.15) is 37.1 Å². The van der Waals surface area contributed by atoms with Gasteiger partial charge in [-0.2, -0.15) is 13.2 Å². The average molecular weight is 596 g/mol. The van der Waals surface area contributed by atoms with E-state index in [1.807, 2.05) is 0 Å². The molecule has 2 aliphatic rings. The number of ether oxygens (including phenoxy) is 1. The van der Waals surface area contributed by atoms with E-state index < -0.39 is 22.4 Å². The number of alkyl halides is 3. The first kappa shape index (κ1) is 29.1. The van der Waals surface area contributed by atoms with E-state index in [4.69, 9.17) is 20.8 Å². The number of nitrogens with one attached hydrogen (secondary N) is 1. The highest BCUT2D eigenvalue weighted by Gasteiger charge is 2.38. The van der Waals surface area contributed by atoms with Gasteiger partial charge in [0, 0.05) is 49.0 Å². The number of amides is 1. The van der Waals surface area contributed by atoms with Crippen LogP contribution in [-0.2, 0) is 22.3 Å². The molecule has 2 heterocycles. The van der Waals surface area contributed by atoms with Crippen molar-refractivity contribution in [3.05, 3.63) is 63.0 Å². The van der Waals surface area contributed by atoms with E-state index >= 15 is 0 Å². The molecule has 0 radical (unpaired) electrons. The molecule has 220 valence electrons. The van der Waals surface area contributed by atoms with Crippen molar-refractivity contribution in [1.29, 1.82) is 0 Å². The predicted molar refractivity (Wildman–Crippen MR) is 145 cm³/mol. The lowest BCUT2D eigenvalue weighted by atomic mass is 9.92. The molecule has 3 aromatic rings. The Morgan fingerprint density at radius 2 is 1.85 bits per heavy atom. The molecule has 0 atom stereocenters. The molecule has 1 aliphatic carbocycles. The minimum absolute atomic E-state index is 0.0219. The molecule has 10 nitrogen and oxygen atoms in total. The summed E-state index contributed by atoms with van der Waals surface area (Å²) in [5, 5.41) is 14.6. The third-order valence-electron chi connectivity index (χ3n) is 7.46. The number of nitro groups is 1. The Balaban J connectivity index is 1.03. The molecule has 0 bridgehead atoms.